The lowest BCUT2D eigenvalue weighted by Gasteiger charge is -2.13. The predicted molar refractivity (Wildman–Crippen MR) is 73.7 cm³/mol. The van der Waals surface area contributed by atoms with Crippen LogP contribution in [0.25, 0.3) is 0 Å². The van der Waals surface area contributed by atoms with Gasteiger partial charge in [-0.05, 0) is 30.2 Å². The molecule has 0 aromatic heterocycles. The van der Waals surface area contributed by atoms with Crippen molar-refractivity contribution in [3.05, 3.63) is 69.2 Å². The van der Waals surface area contributed by atoms with Gasteiger partial charge >= 0.3 is 0 Å². The molecule has 0 saturated heterocycles. The fraction of sp³-hybridized carbons (Fsp3) is 0.143. The highest BCUT2D eigenvalue weighted by Crippen LogP contribution is 2.27. The van der Waals surface area contributed by atoms with Crippen LogP contribution in [0.2, 0.25) is 10.0 Å². The summed E-state index contributed by atoms with van der Waals surface area (Å²) in [4.78, 5) is 0. The van der Waals surface area contributed by atoms with Crippen LogP contribution in [0.4, 0.5) is 0 Å². The summed E-state index contributed by atoms with van der Waals surface area (Å²) in [5, 5.41) is 1.08. The van der Waals surface area contributed by atoms with Crippen LogP contribution in [-0.2, 0) is 0 Å². The van der Waals surface area contributed by atoms with Crippen LogP contribution in [0.5, 0.6) is 0 Å². The minimum atomic E-state index is -0.176. The molecule has 0 saturated carbocycles. The highest BCUT2D eigenvalue weighted by Gasteiger charge is 2.10. The molecule has 3 heteroatoms. The van der Waals surface area contributed by atoms with Gasteiger partial charge in [-0.2, -0.15) is 0 Å². The summed E-state index contributed by atoms with van der Waals surface area (Å²) in [5.74, 6) is 0. The van der Waals surface area contributed by atoms with Crippen LogP contribution in [0, 0.1) is 6.92 Å². The second-order valence-electron chi connectivity index (χ2n) is 4.07. The van der Waals surface area contributed by atoms with Gasteiger partial charge in [0.05, 0.1) is 16.1 Å². The number of benzene rings is 2. The largest absolute Gasteiger partial charge is 0.320 e. The van der Waals surface area contributed by atoms with Crippen molar-refractivity contribution < 1.29 is 0 Å². The number of hydrogen-bond donors (Lipinski definition) is 1. The van der Waals surface area contributed by atoms with Crippen molar-refractivity contribution in [2.45, 2.75) is 13.0 Å². The average molecular weight is 266 g/mol. The molecule has 0 aliphatic rings. The van der Waals surface area contributed by atoms with Gasteiger partial charge in [0.25, 0.3) is 0 Å². The summed E-state index contributed by atoms with van der Waals surface area (Å²) in [7, 11) is 0. The number of rotatable bonds is 2. The molecule has 17 heavy (non-hydrogen) atoms. The highest BCUT2D eigenvalue weighted by molar-refractivity contribution is 6.42. The first-order chi connectivity index (χ1) is 8.08. The smallest absolute Gasteiger partial charge is 0.0595 e. The molecular formula is C14H13Cl2N. The van der Waals surface area contributed by atoms with Crippen LogP contribution in [0.3, 0.4) is 0 Å². The third-order valence-corrected chi connectivity index (χ3v) is 3.44. The number of nitrogens with two attached hydrogens (primary N) is 1. The number of aryl methyl sites for hydroxylation is 1. The van der Waals surface area contributed by atoms with Crippen LogP contribution >= 0.6 is 23.2 Å². The van der Waals surface area contributed by atoms with Gasteiger partial charge in [-0.15, -0.1) is 0 Å². The van der Waals surface area contributed by atoms with Gasteiger partial charge < -0.3 is 5.73 Å². The van der Waals surface area contributed by atoms with Gasteiger partial charge in [-0.1, -0.05) is 59.1 Å². The summed E-state index contributed by atoms with van der Waals surface area (Å²) < 4.78 is 0. The van der Waals surface area contributed by atoms with E-state index in [2.05, 4.69) is 6.07 Å². The zero-order valence-corrected chi connectivity index (χ0v) is 11.0. The van der Waals surface area contributed by atoms with Crippen molar-refractivity contribution in [1.29, 1.82) is 0 Å². The molecule has 0 radical (unpaired) electrons. The molecule has 2 N–H and O–H groups in total. The summed E-state index contributed by atoms with van der Waals surface area (Å²) in [6.07, 6.45) is 0. The van der Waals surface area contributed by atoms with Crippen LogP contribution < -0.4 is 5.73 Å². The molecule has 0 heterocycles. The molecule has 88 valence electrons. The first-order valence-electron chi connectivity index (χ1n) is 5.35. The maximum atomic E-state index is 6.20. The quantitative estimate of drug-likeness (QED) is 0.859. The van der Waals surface area contributed by atoms with Crippen LogP contribution in [0.15, 0.2) is 42.5 Å². The van der Waals surface area contributed by atoms with Crippen LogP contribution in [-0.4, -0.2) is 0 Å². The molecule has 0 fully saturated rings. The van der Waals surface area contributed by atoms with Crippen LogP contribution in [0.1, 0.15) is 22.7 Å². The summed E-state index contributed by atoms with van der Waals surface area (Å²) in [5.41, 5.74) is 9.43. The first kappa shape index (κ1) is 12.4. The molecular weight excluding hydrogens is 253 g/mol. The Morgan fingerprint density at radius 3 is 2.29 bits per heavy atom. The Morgan fingerprint density at radius 2 is 1.65 bits per heavy atom. The van der Waals surface area contributed by atoms with E-state index < -0.39 is 0 Å². The second-order valence-corrected chi connectivity index (χ2v) is 4.88. The van der Waals surface area contributed by atoms with E-state index in [0.717, 1.165) is 11.1 Å². The molecule has 0 aliphatic carbocycles. The fourth-order valence-corrected chi connectivity index (χ4v) is 2.07. The molecule has 0 bridgehead atoms. The van der Waals surface area contributed by atoms with Crippen molar-refractivity contribution in [1.82, 2.24) is 0 Å². The normalized spacial score (nSPS) is 12.5. The van der Waals surface area contributed by atoms with E-state index in [1.807, 2.05) is 37.3 Å². The SMILES string of the molecule is Cc1cccc(C(N)c2ccc(Cl)c(Cl)c2)c1. The van der Waals surface area contributed by atoms with E-state index in [9.17, 15) is 0 Å². The van der Waals surface area contributed by atoms with Gasteiger partial charge in [0.15, 0.2) is 0 Å². The lowest BCUT2D eigenvalue weighted by atomic mass is 9.98. The molecule has 2 aromatic rings. The average Bonchev–Trinajstić information content (AvgIpc) is 2.32. The Morgan fingerprint density at radius 1 is 0.941 bits per heavy atom. The minimum Gasteiger partial charge on any atom is -0.320 e. The maximum absolute atomic E-state index is 6.20. The van der Waals surface area contributed by atoms with E-state index in [0.29, 0.717) is 10.0 Å². The molecule has 1 unspecified atom stereocenters. The van der Waals surface area contributed by atoms with Crippen molar-refractivity contribution in [2.24, 2.45) is 5.73 Å². The Bertz CT molecular complexity index is 537. The maximum Gasteiger partial charge on any atom is 0.0595 e. The van der Waals surface area contributed by atoms with Gasteiger partial charge in [0.1, 0.15) is 0 Å². The molecule has 2 rings (SSSR count). The van der Waals surface area contributed by atoms with Crippen molar-refractivity contribution in [3.8, 4) is 0 Å². The Labute approximate surface area is 111 Å². The molecule has 2 aromatic carbocycles. The molecule has 1 atom stereocenters. The second kappa shape index (κ2) is 5.09. The monoisotopic (exact) mass is 265 g/mol. The van der Waals surface area contributed by atoms with Crippen molar-refractivity contribution in [2.75, 3.05) is 0 Å². The highest BCUT2D eigenvalue weighted by atomic mass is 35.5. The standard InChI is InChI=1S/C14H13Cl2N/c1-9-3-2-4-10(7-9)14(17)11-5-6-12(15)13(16)8-11/h2-8,14H,17H2,1H3. The first-order valence-corrected chi connectivity index (χ1v) is 6.10. The zero-order valence-electron chi connectivity index (χ0n) is 9.45. The summed E-state index contributed by atoms with van der Waals surface area (Å²) in [6.45, 7) is 2.05. The van der Waals surface area contributed by atoms with Gasteiger partial charge in [-0.25, -0.2) is 0 Å². The third kappa shape index (κ3) is 2.81. The van der Waals surface area contributed by atoms with Gasteiger partial charge in [0.2, 0.25) is 0 Å². The van der Waals surface area contributed by atoms with E-state index in [4.69, 9.17) is 28.9 Å². The Hall–Kier alpha value is -1.02. The third-order valence-electron chi connectivity index (χ3n) is 2.70. The summed E-state index contributed by atoms with van der Waals surface area (Å²) in [6, 6.07) is 13.5. The molecule has 0 spiro atoms. The summed E-state index contributed by atoms with van der Waals surface area (Å²) >= 11 is 11.9. The zero-order chi connectivity index (χ0) is 12.4. The molecule has 0 amide bonds. The minimum absolute atomic E-state index is 0.176. The van der Waals surface area contributed by atoms with E-state index in [-0.39, 0.29) is 6.04 Å². The Balaban J connectivity index is 2.36. The van der Waals surface area contributed by atoms with E-state index in [1.54, 1.807) is 6.07 Å². The van der Waals surface area contributed by atoms with Crippen molar-refractivity contribution in [3.63, 3.8) is 0 Å². The predicted octanol–water partition coefficient (Wildman–Crippen LogP) is 4.35. The lowest BCUT2D eigenvalue weighted by Crippen LogP contribution is -2.11. The van der Waals surface area contributed by atoms with Gasteiger partial charge in [0, 0.05) is 0 Å². The lowest BCUT2D eigenvalue weighted by molar-refractivity contribution is 0.870. The molecule has 1 nitrogen and oxygen atoms in total. The fourth-order valence-electron chi connectivity index (χ4n) is 1.76. The Kier molecular flexibility index (Phi) is 3.72. The number of halogens is 2. The topological polar surface area (TPSA) is 26.0 Å². The van der Waals surface area contributed by atoms with E-state index in [1.165, 1.54) is 5.56 Å². The van der Waals surface area contributed by atoms with Crippen molar-refractivity contribution >= 4 is 23.2 Å². The molecule has 0 aliphatic heterocycles. The number of hydrogen-bond acceptors (Lipinski definition) is 1. The van der Waals surface area contributed by atoms with Gasteiger partial charge in [-0.3, -0.25) is 0 Å². The van der Waals surface area contributed by atoms with E-state index >= 15 is 0 Å².